The number of halogens is 3. The smallest absolute Gasteiger partial charge is 0.355 e. The highest BCUT2D eigenvalue weighted by molar-refractivity contribution is 8.00. The molecule has 2 aliphatic rings. The Labute approximate surface area is 172 Å². The number of aromatic nitrogens is 4. The quantitative estimate of drug-likeness (QED) is 0.381. The topological polar surface area (TPSA) is 119 Å². The van der Waals surface area contributed by atoms with Gasteiger partial charge in [0, 0.05) is 5.75 Å². The number of fused-ring (bicyclic) bond motifs is 1. The Balaban J connectivity index is 1.65. The van der Waals surface area contributed by atoms with Gasteiger partial charge >= 0.3 is 5.97 Å². The third-order valence-corrected chi connectivity index (χ3v) is 5.48. The molecule has 0 spiro atoms. The maximum absolute atomic E-state index is 12.5. The number of amides is 2. The largest absolute Gasteiger partial charge is 0.456 e. The summed E-state index contributed by atoms with van der Waals surface area (Å²) in [7, 11) is 0. The molecule has 0 saturated carbocycles. The Morgan fingerprint density at radius 2 is 2.19 bits per heavy atom. The zero-order valence-electron chi connectivity index (χ0n) is 13.8. The van der Waals surface area contributed by atoms with Crippen LogP contribution in [0, 0.1) is 0 Å². The average Bonchev–Trinajstić information content (AvgIpc) is 3.09. The van der Waals surface area contributed by atoms with E-state index in [1.165, 1.54) is 27.7 Å². The number of β-lactam (4-membered cyclic amide) rings is 1. The number of esters is 1. The van der Waals surface area contributed by atoms with E-state index in [1.807, 2.05) is 0 Å². The second kappa shape index (κ2) is 7.82. The molecule has 1 aromatic heterocycles. The number of hydrogen-bond acceptors (Lipinski definition) is 8. The van der Waals surface area contributed by atoms with Crippen LogP contribution >= 0.6 is 46.6 Å². The van der Waals surface area contributed by atoms with Gasteiger partial charge in [-0.05, 0) is 22.9 Å². The molecule has 3 rings (SSSR count). The van der Waals surface area contributed by atoms with Crippen molar-refractivity contribution in [3.05, 3.63) is 17.6 Å². The number of tetrazole rings is 1. The monoisotopic (exact) mass is 454 g/mol. The molecule has 1 unspecified atom stereocenters. The van der Waals surface area contributed by atoms with Gasteiger partial charge in [0.05, 0.1) is 0 Å². The van der Waals surface area contributed by atoms with Crippen molar-refractivity contribution in [3.63, 3.8) is 0 Å². The van der Waals surface area contributed by atoms with E-state index >= 15 is 0 Å². The van der Waals surface area contributed by atoms with Gasteiger partial charge in [0.2, 0.25) is 9.70 Å². The molecule has 1 N–H and O–H groups in total. The highest BCUT2D eigenvalue weighted by Gasteiger charge is 2.54. The van der Waals surface area contributed by atoms with Crippen molar-refractivity contribution in [3.8, 4) is 0 Å². The maximum atomic E-state index is 12.5. The predicted molar refractivity (Wildman–Crippen MR) is 96.8 cm³/mol. The summed E-state index contributed by atoms with van der Waals surface area (Å²) in [6, 6.07) is -0.761. The van der Waals surface area contributed by atoms with E-state index in [-0.39, 0.29) is 12.2 Å². The normalized spacial score (nSPS) is 22.2. The first-order valence-electron chi connectivity index (χ1n) is 7.56. The lowest BCUT2D eigenvalue weighted by atomic mass is 10.0. The lowest BCUT2D eigenvalue weighted by Crippen LogP contribution is -2.70. The van der Waals surface area contributed by atoms with Gasteiger partial charge in [-0.2, -0.15) is 0 Å². The summed E-state index contributed by atoms with van der Waals surface area (Å²) in [5.74, 6) is -1.10. The van der Waals surface area contributed by atoms with Crippen molar-refractivity contribution in [2.75, 3.05) is 12.4 Å². The Bertz CT molecular complexity index is 796. The second-order valence-electron chi connectivity index (χ2n) is 5.78. The second-order valence-corrected chi connectivity index (χ2v) is 9.40. The van der Waals surface area contributed by atoms with E-state index in [4.69, 9.17) is 39.5 Å². The summed E-state index contributed by atoms with van der Waals surface area (Å²) in [6.07, 6.45) is 1.29. The molecule has 1 saturated heterocycles. The van der Waals surface area contributed by atoms with Crippen molar-refractivity contribution < 1.29 is 19.1 Å². The highest BCUT2D eigenvalue weighted by Crippen LogP contribution is 2.40. The average molecular weight is 456 g/mol. The number of ether oxygens (including phenoxy) is 1. The van der Waals surface area contributed by atoms with Crippen LogP contribution in [0.15, 0.2) is 17.6 Å². The molecule has 146 valence electrons. The van der Waals surface area contributed by atoms with Gasteiger partial charge in [-0.1, -0.05) is 34.8 Å². The third-order valence-electron chi connectivity index (χ3n) is 3.73. The van der Waals surface area contributed by atoms with Crippen molar-refractivity contribution in [2.24, 2.45) is 0 Å². The van der Waals surface area contributed by atoms with Crippen LogP contribution < -0.4 is 5.32 Å². The number of carbonyl (C=O) groups is 3. The minimum Gasteiger partial charge on any atom is -0.456 e. The van der Waals surface area contributed by atoms with Crippen LogP contribution in [-0.4, -0.2) is 70.5 Å². The van der Waals surface area contributed by atoms with Crippen LogP contribution in [0.5, 0.6) is 0 Å². The lowest BCUT2D eigenvalue weighted by molar-refractivity contribution is -0.153. The molecule has 0 bridgehead atoms. The fourth-order valence-corrected chi connectivity index (χ4v) is 4.05. The Morgan fingerprint density at radius 1 is 1.44 bits per heavy atom. The molecule has 14 heteroatoms. The molecule has 0 aliphatic carbocycles. The first kappa shape index (κ1) is 20.2. The Morgan fingerprint density at radius 3 is 2.81 bits per heavy atom. The molecule has 2 amide bonds. The lowest BCUT2D eigenvalue weighted by Gasteiger charge is -2.49. The number of nitrogens with zero attached hydrogens (tertiary/aromatic N) is 5. The van der Waals surface area contributed by atoms with Gasteiger partial charge in [0.1, 0.15) is 36.6 Å². The van der Waals surface area contributed by atoms with E-state index in [0.29, 0.717) is 11.3 Å². The van der Waals surface area contributed by atoms with E-state index < -0.39 is 39.6 Å². The van der Waals surface area contributed by atoms with Crippen molar-refractivity contribution in [1.82, 2.24) is 30.4 Å². The molecular weight excluding hydrogens is 443 g/mol. The number of alkyl halides is 3. The van der Waals surface area contributed by atoms with E-state index in [9.17, 15) is 14.4 Å². The van der Waals surface area contributed by atoms with Gasteiger partial charge in [-0.15, -0.1) is 16.9 Å². The van der Waals surface area contributed by atoms with Crippen LogP contribution in [0.2, 0.25) is 0 Å². The summed E-state index contributed by atoms with van der Waals surface area (Å²) >= 11 is 18.2. The Hall–Kier alpha value is -1.56. The van der Waals surface area contributed by atoms with Crippen LogP contribution in [0.25, 0.3) is 0 Å². The number of rotatable bonds is 5. The zero-order chi connectivity index (χ0) is 19.8. The summed E-state index contributed by atoms with van der Waals surface area (Å²) in [5, 5.41) is 12.7. The van der Waals surface area contributed by atoms with Crippen molar-refractivity contribution in [1.29, 1.82) is 0 Å². The van der Waals surface area contributed by atoms with Crippen molar-refractivity contribution in [2.45, 2.75) is 28.7 Å². The molecule has 3 heterocycles. The molecule has 1 aromatic rings. The van der Waals surface area contributed by atoms with Crippen LogP contribution in [0.1, 0.15) is 6.92 Å². The Kier molecular flexibility index (Phi) is 5.84. The summed E-state index contributed by atoms with van der Waals surface area (Å²) in [5.41, 5.74) is 0.779. The molecule has 0 aromatic carbocycles. The van der Waals surface area contributed by atoms with Crippen molar-refractivity contribution >= 4 is 64.3 Å². The van der Waals surface area contributed by atoms with E-state index in [2.05, 4.69) is 20.8 Å². The van der Waals surface area contributed by atoms with E-state index in [0.717, 1.165) is 0 Å². The van der Waals surface area contributed by atoms with E-state index in [1.54, 1.807) is 6.92 Å². The molecule has 2 atom stereocenters. The fourth-order valence-electron chi connectivity index (χ4n) is 2.60. The number of nitrogens with one attached hydrogen (secondary N) is 1. The van der Waals surface area contributed by atoms with Gasteiger partial charge in [0.25, 0.3) is 5.91 Å². The summed E-state index contributed by atoms with van der Waals surface area (Å²) in [6.45, 7) is 1.15. The predicted octanol–water partition coefficient (Wildman–Crippen LogP) is 0.260. The fraction of sp³-hybridized carbons (Fsp3) is 0.538. The number of thioether (sulfide) groups is 1. The van der Waals surface area contributed by atoms with Gasteiger partial charge in [0.15, 0.2) is 0 Å². The summed E-state index contributed by atoms with van der Waals surface area (Å²) < 4.78 is 4.47. The van der Waals surface area contributed by atoms with Gasteiger partial charge in [-0.3, -0.25) is 14.5 Å². The number of carbonyl (C=O) groups excluding carboxylic acids is 3. The highest BCUT2D eigenvalue weighted by atomic mass is 35.6. The van der Waals surface area contributed by atoms with Crippen LogP contribution in [-0.2, 0) is 25.7 Å². The first-order valence-corrected chi connectivity index (χ1v) is 9.74. The van der Waals surface area contributed by atoms with Crippen LogP contribution in [0.3, 0.4) is 0 Å². The number of hydrogen-bond donors (Lipinski definition) is 1. The zero-order valence-corrected chi connectivity index (χ0v) is 16.8. The minimum atomic E-state index is -1.75. The molecule has 0 radical (unpaired) electrons. The standard InChI is InChI=1S/C13H13Cl3N6O4S/c1-6-3-27-11-8(18-7(23)2-21-5-17-19-20-21)10(24)22(11)9(6)12(25)26-4-13(14,15)16/h5,8,11H,2-4H2,1H3,(H,18,23)/t8?,11-/m1/s1. The summed E-state index contributed by atoms with van der Waals surface area (Å²) in [4.78, 5) is 38.3. The molecule has 27 heavy (non-hydrogen) atoms. The molecule has 10 nitrogen and oxygen atoms in total. The molecular formula is C13H13Cl3N6O4S. The molecule has 2 aliphatic heterocycles. The minimum absolute atomic E-state index is 0.115. The van der Waals surface area contributed by atoms with Crippen LogP contribution in [0.4, 0.5) is 0 Å². The first-order chi connectivity index (χ1) is 12.7. The maximum Gasteiger partial charge on any atom is 0.355 e. The third kappa shape index (κ3) is 4.48. The SMILES string of the molecule is CC1=C(C(=O)OCC(Cl)(Cl)Cl)N2C(=O)C(NC(=O)Cn3cnnn3)[C@H]2SC1. The van der Waals surface area contributed by atoms with Gasteiger partial charge < -0.3 is 10.1 Å². The molecule has 1 fully saturated rings. The van der Waals surface area contributed by atoms with Gasteiger partial charge in [-0.25, -0.2) is 9.48 Å².